The Kier molecular flexibility index (Phi) is 6.02. The predicted molar refractivity (Wildman–Crippen MR) is 97.2 cm³/mol. The zero-order valence-electron chi connectivity index (χ0n) is 14.0. The van der Waals surface area contributed by atoms with Crippen LogP contribution in [-0.2, 0) is 0 Å². The molecule has 2 nitrogen and oxygen atoms in total. The van der Waals surface area contributed by atoms with E-state index in [1.165, 1.54) is 35.1 Å². The van der Waals surface area contributed by atoms with Crippen molar-refractivity contribution in [1.29, 1.82) is 0 Å². The molecular formula is C20H28N2. The Morgan fingerprint density at radius 2 is 1.73 bits per heavy atom. The molecule has 0 amide bonds. The molecule has 2 aromatic rings. The lowest BCUT2D eigenvalue weighted by molar-refractivity contribution is 0.553. The molecule has 0 aliphatic rings. The molecule has 0 heterocycles. The van der Waals surface area contributed by atoms with Gasteiger partial charge in [-0.25, -0.2) is 0 Å². The standard InChI is InChI=1S/C20H28N2/c1-4-8-16(13-14-22-3)20-18(11-7-12-19(20)21)17-10-6-5-9-15(17)2/h5-7,9-12,16,22H,4,8,13-14,21H2,1-3H3. The van der Waals surface area contributed by atoms with Crippen LogP contribution in [-0.4, -0.2) is 13.6 Å². The van der Waals surface area contributed by atoms with Gasteiger partial charge in [-0.3, -0.25) is 0 Å². The van der Waals surface area contributed by atoms with Gasteiger partial charge in [0.15, 0.2) is 0 Å². The van der Waals surface area contributed by atoms with Crippen molar-refractivity contribution in [3.63, 3.8) is 0 Å². The van der Waals surface area contributed by atoms with Gasteiger partial charge in [-0.05, 0) is 67.6 Å². The second kappa shape index (κ2) is 8.00. The van der Waals surface area contributed by atoms with E-state index < -0.39 is 0 Å². The number of benzene rings is 2. The molecule has 3 N–H and O–H groups in total. The molecule has 0 radical (unpaired) electrons. The summed E-state index contributed by atoms with van der Waals surface area (Å²) in [5.41, 5.74) is 12.5. The van der Waals surface area contributed by atoms with Crippen LogP contribution in [0.1, 0.15) is 43.2 Å². The third kappa shape index (κ3) is 3.69. The molecule has 1 atom stereocenters. The van der Waals surface area contributed by atoms with Gasteiger partial charge in [-0.15, -0.1) is 0 Å². The lowest BCUT2D eigenvalue weighted by Crippen LogP contribution is -2.14. The quantitative estimate of drug-likeness (QED) is 0.724. The fraction of sp³-hybridized carbons (Fsp3) is 0.400. The summed E-state index contributed by atoms with van der Waals surface area (Å²) in [6.07, 6.45) is 3.47. The van der Waals surface area contributed by atoms with Crippen LogP contribution in [0.2, 0.25) is 0 Å². The van der Waals surface area contributed by atoms with Crippen molar-refractivity contribution in [2.45, 2.75) is 39.0 Å². The number of nitrogen functional groups attached to an aromatic ring is 1. The summed E-state index contributed by atoms with van der Waals surface area (Å²) in [5, 5.41) is 3.28. The number of aryl methyl sites for hydroxylation is 1. The van der Waals surface area contributed by atoms with Crippen molar-refractivity contribution >= 4 is 5.69 Å². The van der Waals surface area contributed by atoms with E-state index in [1.807, 2.05) is 13.1 Å². The molecule has 2 rings (SSSR count). The Hall–Kier alpha value is -1.80. The molecule has 0 aliphatic heterocycles. The average molecular weight is 296 g/mol. The minimum absolute atomic E-state index is 0.508. The second-order valence-corrected chi connectivity index (χ2v) is 6.00. The zero-order valence-corrected chi connectivity index (χ0v) is 14.0. The minimum atomic E-state index is 0.508. The van der Waals surface area contributed by atoms with Crippen LogP contribution in [0, 0.1) is 6.92 Å². The summed E-state index contributed by atoms with van der Waals surface area (Å²) in [6, 6.07) is 14.9. The first-order chi connectivity index (χ1) is 10.7. The summed E-state index contributed by atoms with van der Waals surface area (Å²) in [5.74, 6) is 0.508. The van der Waals surface area contributed by atoms with E-state index in [0.717, 1.165) is 18.7 Å². The lowest BCUT2D eigenvalue weighted by atomic mass is 9.83. The highest BCUT2D eigenvalue weighted by Gasteiger charge is 2.18. The van der Waals surface area contributed by atoms with E-state index in [1.54, 1.807) is 0 Å². The Labute approximate surface area is 134 Å². The molecule has 0 bridgehead atoms. The SMILES string of the molecule is CCCC(CCNC)c1c(N)cccc1-c1ccccc1C. The molecule has 0 aliphatic carbocycles. The molecular weight excluding hydrogens is 268 g/mol. The molecule has 0 saturated heterocycles. The van der Waals surface area contributed by atoms with Crippen LogP contribution in [0.3, 0.4) is 0 Å². The third-order valence-electron chi connectivity index (χ3n) is 4.36. The Balaban J connectivity index is 2.52. The summed E-state index contributed by atoms with van der Waals surface area (Å²) >= 11 is 0. The Morgan fingerprint density at radius 3 is 2.41 bits per heavy atom. The lowest BCUT2D eigenvalue weighted by Gasteiger charge is -2.23. The summed E-state index contributed by atoms with van der Waals surface area (Å²) in [7, 11) is 2.01. The van der Waals surface area contributed by atoms with Crippen LogP contribution >= 0.6 is 0 Å². The highest BCUT2D eigenvalue weighted by molar-refractivity contribution is 5.76. The van der Waals surface area contributed by atoms with Gasteiger partial charge >= 0.3 is 0 Å². The molecule has 2 aromatic carbocycles. The maximum atomic E-state index is 6.39. The van der Waals surface area contributed by atoms with Crippen LogP contribution in [0.25, 0.3) is 11.1 Å². The maximum absolute atomic E-state index is 6.39. The minimum Gasteiger partial charge on any atom is -0.398 e. The van der Waals surface area contributed by atoms with Gasteiger partial charge in [-0.1, -0.05) is 49.7 Å². The van der Waals surface area contributed by atoms with Crippen molar-refractivity contribution in [2.75, 3.05) is 19.3 Å². The fourth-order valence-corrected chi connectivity index (χ4v) is 3.25. The Bertz CT molecular complexity index is 604. The van der Waals surface area contributed by atoms with Crippen LogP contribution in [0.15, 0.2) is 42.5 Å². The van der Waals surface area contributed by atoms with E-state index in [0.29, 0.717) is 5.92 Å². The highest BCUT2D eigenvalue weighted by atomic mass is 14.8. The van der Waals surface area contributed by atoms with Gasteiger partial charge in [0.25, 0.3) is 0 Å². The molecule has 118 valence electrons. The monoisotopic (exact) mass is 296 g/mol. The molecule has 0 spiro atoms. The van der Waals surface area contributed by atoms with Crippen molar-refractivity contribution in [3.8, 4) is 11.1 Å². The summed E-state index contributed by atoms with van der Waals surface area (Å²) in [4.78, 5) is 0. The largest absolute Gasteiger partial charge is 0.398 e. The van der Waals surface area contributed by atoms with E-state index in [2.05, 4.69) is 55.6 Å². The van der Waals surface area contributed by atoms with Crippen molar-refractivity contribution in [3.05, 3.63) is 53.6 Å². The second-order valence-electron chi connectivity index (χ2n) is 6.00. The Morgan fingerprint density at radius 1 is 1.00 bits per heavy atom. The number of rotatable bonds is 7. The molecule has 1 unspecified atom stereocenters. The highest BCUT2D eigenvalue weighted by Crippen LogP contribution is 2.38. The number of hydrogen-bond acceptors (Lipinski definition) is 2. The molecule has 0 fully saturated rings. The first-order valence-electron chi connectivity index (χ1n) is 8.28. The van der Waals surface area contributed by atoms with Gasteiger partial charge in [0, 0.05) is 5.69 Å². The van der Waals surface area contributed by atoms with Crippen LogP contribution in [0.4, 0.5) is 5.69 Å². The number of anilines is 1. The average Bonchev–Trinajstić information content (AvgIpc) is 2.52. The first kappa shape index (κ1) is 16.6. The van der Waals surface area contributed by atoms with Crippen LogP contribution in [0.5, 0.6) is 0 Å². The maximum Gasteiger partial charge on any atom is 0.0355 e. The molecule has 2 heteroatoms. The van der Waals surface area contributed by atoms with Gasteiger partial charge < -0.3 is 11.1 Å². The smallest absolute Gasteiger partial charge is 0.0355 e. The van der Waals surface area contributed by atoms with E-state index >= 15 is 0 Å². The van der Waals surface area contributed by atoms with Crippen molar-refractivity contribution in [2.24, 2.45) is 0 Å². The third-order valence-corrected chi connectivity index (χ3v) is 4.36. The van der Waals surface area contributed by atoms with Crippen molar-refractivity contribution < 1.29 is 0 Å². The number of nitrogens with one attached hydrogen (secondary N) is 1. The molecule has 0 saturated carbocycles. The van der Waals surface area contributed by atoms with Gasteiger partial charge in [0.2, 0.25) is 0 Å². The molecule has 0 aromatic heterocycles. The van der Waals surface area contributed by atoms with Gasteiger partial charge in [0.05, 0.1) is 0 Å². The van der Waals surface area contributed by atoms with E-state index in [4.69, 9.17) is 5.73 Å². The summed E-state index contributed by atoms with van der Waals surface area (Å²) in [6.45, 7) is 5.44. The van der Waals surface area contributed by atoms with Crippen LogP contribution < -0.4 is 11.1 Å². The normalized spacial score (nSPS) is 12.3. The first-order valence-corrected chi connectivity index (χ1v) is 8.28. The zero-order chi connectivity index (χ0) is 15.9. The number of nitrogens with two attached hydrogens (primary N) is 1. The topological polar surface area (TPSA) is 38.0 Å². The van der Waals surface area contributed by atoms with Gasteiger partial charge in [0.1, 0.15) is 0 Å². The van der Waals surface area contributed by atoms with Gasteiger partial charge in [-0.2, -0.15) is 0 Å². The van der Waals surface area contributed by atoms with Crippen molar-refractivity contribution in [1.82, 2.24) is 5.32 Å². The van der Waals surface area contributed by atoms with E-state index in [9.17, 15) is 0 Å². The van der Waals surface area contributed by atoms with E-state index in [-0.39, 0.29) is 0 Å². The number of hydrogen-bond donors (Lipinski definition) is 2. The molecule has 22 heavy (non-hydrogen) atoms. The summed E-state index contributed by atoms with van der Waals surface area (Å²) < 4.78 is 0. The fourth-order valence-electron chi connectivity index (χ4n) is 3.25. The predicted octanol–water partition coefficient (Wildman–Crippen LogP) is 4.74.